The third kappa shape index (κ3) is 4.42. The van der Waals surface area contributed by atoms with Crippen LogP contribution in [0.2, 0.25) is 0 Å². The molecule has 122 valence electrons. The highest BCUT2D eigenvalue weighted by molar-refractivity contribution is 8.00. The van der Waals surface area contributed by atoms with E-state index in [0.717, 1.165) is 29.4 Å². The van der Waals surface area contributed by atoms with Gasteiger partial charge in [-0.25, -0.2) is 0 Å². The van der Waals surface area contributed by atoms with Crippen molar-refractivity contribution in [2.75, 3.05) is 14.2 Å². The number of hydrogen-bond donors (Lipinski definition) is 0. The quantitative estimate of drug-likeness (QED) is 0.761. The lowest BCUT2D eigenvalue weighted by molar-refractivity contribution is -0.131. The molecule has 0 N–H and O–H groups in total. The zero-order valence-electron chi connectivity index (χ0n) is 14.0. The van der Waals surface area contributed by atoms with Crippen molar-refractivity contribution < 1.29 is 9.53 Å². The van der Waals surface area contributed by atoms with Gasteiger partial charge in [-0.15, -0.1) is 11.8 Å². The van der Waals surface area contributed by atoms with E-state index in [-0.39, 0.29) is 11.2 Å². The molecule has 0 bridgehead atoms. The fourth-order valence-electron chi connectivity index (χ4n) is 3.01. The van der Waals surface area contributed by atoms with E-state index >= 15 is 0 Å². The predicted molar refractivity (Wildman–Crippen MR) is 92.5 cm³/mol. The van der Waals surface area contributed by atoms with Gasteiger partial charge in [-0.2, -0.15) is 0 Å². The summed E-state index contributed by atoms with van der Waals surface area (Å²) in [4.78, 5) is 15.7. The van der Waals surface area contributed by atoms with Crippen molar-refractivity contribution in [2.24, 2.45) is 5.92 Å². The number of rotatable bonds is 5. The molecule has 1 unspecified atom stereocenters. The first-order valence-corrected chi connectivity index (χ1v) is 8.96. The van der Waals surface area contributed by atoms with Gasteiger partial charge in [0.2, 0.25) is 5.91 Å². The monoisotopic (exact) mass is 321 g/mol. The number of ether oxygens (including phenoxy) is 1. The van der Waals surface area contributed by atoms with E-state index < -0.39 is 0 Å². The number of amides is 1. The lowest BCUT2D eigenvalue weighted by Crippen LogP contribution is -2.42. The summed E-state index contributed by atoms with van der Waals surface area (Å²) in [5.41, 5.74) is 0. The Morgan fingerprint density at radius 1 is 1.23 bits per heavy atom. The number of hydrogen-bond acceptors (Lipinski definition) is 3. The molecule has 22 heavy (non-hydrogen) atoms. The van der Waals surface area contributed by atoms with E-state index in [9.17, 15) is 4.79 Å². The number of benzene rings is 1. The average Bonchev–Trinajstić information content (AvgIpc) is 2.55. The van der Waals surface area contributed by atoms with Crippen LogP contribution in [-0.2, 0) is 4.79 Å². The van der Waals surface area contributed by atoms with Crippen LogP contribution in [0.4, 0.5) is 0 Å². The second kappa shape index (κ2) is 7.91. The maximum Gasteiger partial charge on any atom is 0.235 e. The van der Waals surface area contributed by atoms with E-state index in [1.54, 1.807) is 18.9 Å². The Bertz CT molecular complexity index is 480. The number of thioether (sulfide) groups is 1. The Morgan fingerprint density at radius 2 is 1.82 bits per heavy atom. The van der Waals surface area contributed by atoms with E-state index in [0.29, 0.717) is 6.04 Å². The number of methoxy groups -OCH3 is 1. The zero-order chi connectivity index (χ0) is 16.1. The summed E-state index contributed by atoms with van der Waals surface area (Å²) < 4.78 is 5.16. The van der Waals surface area contributed by atoms with Gasteiger partial charge in [-0.1, -0.05) is 6.92 Å². The Balaban J connectivity index is 1.90. The molecule has 1 saturated carbocycles. The number of carbonyl (C=O) groups is 1. The van der Waals surface area contributed by atoms with Crippen LogP contribution in [0, 0.1) is 5.92 Å². The lowest BCUT2D eigenvalue weighted by Gasteiger charge is -2.34. The summed E-state index contributed by atoms with van der Waals surface area (Å²) in [6.45, 7) is 4.30. The Hall–Kier alpha value is -1.16. The molecule has 1 aromatic rings. The van der Waals surface area contributed by atoms with Gasteiger partial charge in [0.15, 0.2) is 0 Å². The van der Waals surface area contributed by atoms with Gasteiger partial charge in [0, 0.05) is 18.0 Å². The highest BCUT2D eigenvalue weighted by Gasteiger charge is 2.27. The fraction of sp³-hybridized carbons (Fsp3) is 0.611. The fourth-order valence-corrected chi connectivity index (χ4v) is 3.97. The molecule has 0 aliphatic heterocycles. The molecule has 1 aliphatic carbocycles. The van der Waals surface area contributed by atoms with Crippen LogP contribution >= 0.6 is 11.8 Å². The van der Waals surface area contributed by atoms with Gasteiger partial charge in [-0.3, -0.25) is 4.79 Å². The van der Waals surface area contributed by atoms with Crippen molar-refractivity contribution in [1.82, 2.24) is 4.90 Å². The SMILES string of the molecule is COc1ccc(SC(C)C(=O)N(C)C2CCC(C)CC2)cc1. The highest BCUT2D eigenvalue weighted by atomic mass is 32.2. The normalized spacial score (nSPS) is 22.9. The van der Waals surface area contributed by atoms with Gasteiger partial charge >= 0.3 is 0 Å². The predicted octanol–water partition coefficient (Wildman–Crippen LogP) is 4.21. The van der Waals surface area contributed by atoms with Crippen molar-refractivity contribution in [3.05, 3.63) is 24.3 Å². The Morgan fingerprint density at radius 3 is 2.36 bits per heavy atom. The molecule has 2 rings (SSSR count). The smallest absolute Gasteiger partial charge is 0.235 e. The minimum atomic E-state index is -0.0576. The van der Waals surface area contributed by atoms with E-state index in [1.165, 1.54) is 12.8 Å². The molecule has 0 saturated heterocycles. The molecule has 0 radical (unpaired) electrons. The molecule has 0 heterocycles. The molecule has 1 aliphatic rings. The largest absolute Gasteiger partial charge is 0.497 e. The van der Waals surface area contributed by atoms with Crippen LogP contribution in [0.1, 0.15) is 39.5 Å². The maximum atomic E-state index is 12.6. The summed E-state index contributed by atoms with van der Waals surface area (Å²) in [6.07, 6.45) is 4.76. The summed E-state index contributed by atoms with van der Waals surface area (Å²) in [7, 11) is 3.63. The van der Waals surface area contributed by atoms with Crippen molar-refractivity contribution in [3.63, 3.8) is 0 Å². The van der Waals surface area contributed by atoms with Crippen molar-refractivity contribution in [2.45, 2.75) is 55.7 Å². The summed E-state index contributed by atoms with van der Waals surface area (Å²) in [5.74, 6) is 1.89. The maximum absolute atomic E-state index is 12.6. The topological polar surface area (TPSA) is 29.5 Å². The molecular formula is C18H27NO2S. The van der Waals surface area contributed by atoms with Crippen LogP contribution in [0.25, 0.3) is 0 Å². The van der Waals surface area contributed by atoms with Gasteiger partial charge in [0.1, 0.15) is 5.75 Å². The first-order valence-electron chi connectivity index (χ1n) is 8.08. The van der Waals surface area contributed by atoms with E-state index in [2.05, 4.69) is 6.92 Å². The lowest BCUT2D eigenvalue weighted by atomic mass is 9.86. The highest BCUT2D eigenvalue weighted by Crippen LogP contribution is 2.30. The summed E-state index contributed by atoms with van der Waals surface area (Å²) in [5, 5.41) is -0.0576. The van der Waals surface area contributed by atoms with Crippen LogP contribution in [0.5, 0.6) is 5.75 Å². The van der Waals surface area contributed by atoms with E-state index in [1.807, 2.05) is 43.1 Å². The standard InChI is InChI=1S/C18H27NO2S/c1-13-5-7-15(8-6-13)19(3)18(20)14(2)22-17-11-9-16(21-4)10-12-17/h9-15H,5-8H2,1-4H3. The third-order valence-corrected chi connectivity index (χ3v) is 5.70. The Kier molecular flexibility index (Phi) is 6.18. The van der Waals surface area contributed by atoms with Crippen LogP contribution in [-0.4, -0.2) is 36.3 Å². The minimum absolute atomic E-state index is 0.0576. The first-order chi connectivity index (χ1) is 10.5. The molecule has 3 nitrogen and oxygen atoms in total. The molecular weight excluding hydrogens is 294 g/mol. The van der Waals surface area contributed by atoms with Gasteiger partial charge in [0.05, 0.1) is 12.4 Å². The van der Waals surface area contributed by atoms with Crippen molar-refractivity contribution in [3.8, 4) is 5.75 Å². The third-order valence-electron chi connectivity index (χ3n) is 4.60. The number of carbonyl (C=O) groups excluding carboxylic acids is 1. The Labute approximate surface area is 138 Å². The second-order valence-corrected chi connectivity index (χ2v) is 7.71. The van der Waals surface area contributed by atoms with Gasteiger partial charge in [-0.05, 0) is 62.8 Å². The molecule has 4 heteroatoms. The second-order valence-electron chi connectivity index (χ2n) is 6.30. The number of nitrogens with zero attached hydrogens (tertiary/aromatic N) is 1. The minimum Gasteiger partial charge on any atom is -0.497 e. The molecule has 1 aromatic carbocycles. The van der Waals surface area contributed by atoms with Gasteiger partial charge < -0.3 is 9.64 Å². The molecule has 1 fully saturated rings. The molecule has 0 aromatic heterocycles. The molecule has 1 atom stereocenters. The van der Waals surface area contributed by atoms with Crippen molar-refractivity contribution in [1.29, 1.82) is 0 Å². The first kappa shape index (κ1) is 17.2. The molecule has 0 spiro atoms. The van der Waals surface area contributed by atoms with Crippen molar-refractivity contribution >= 4 is 17.7 Å². The van der Waals surface area contributed by atoms with Crippen LogP contribution in [0.3, 0.4) is 0 Å². The summed E-state index contributed by atoms with van der Waals surface area (Å²) in [6, 6.07) is 8.31. The van der Waals surface area contributed by atoms with Crippen LogP contribution in [0.15, 0.2) is 29.2 Å². The molecule has 1 amide bonds. The van der Waals surface area contributed by atoms with E-state index in [4.69, 9.17) is 4.74 Å². The average molecular weight is 321 g/mol. The zero-order valence-corrected chi connectivity index (χ0v) is 14.9. The van der Waals surface area contributed by atoms with Crippen LogP contribution < -0.4 is 4.74 Å². The summed E-state index contributed by atoms with van der Waals surface area (Å²) >= 11 is 1.62. The van der Waals surface area contributed by atoms with Gasteiger partial charge in [0.25, 0.3) is 0 Å².